The van der Waals surface area contributed by atoms with Crippen LogP contribution in [0.1, 0.15) is 24.0 Å². The zero-order chi connectivity index (χ0) is 37.5. The van der Waals surface area contributed by atoms with Crippen LogP contribution in [0, 0.1) is 0 Å². The molecule has 2 aliphatic heterocycles. The van der Waals surface area contributed by atoms with E-state index in [0.29, 0.717) is 11.1 Å². The highest BCUT2D eigenvalue weighted by Gasteiger charge is 2.46. The lowest BCUT2D eigenvalue weighted by Crippen LogP contribution is -2.60. The van der Waals surface area contributed by atoms with E-state index in [2.05, 4.69) is 0 Å². The third-order valence-electron chi connectivity index (χ3n) is 8.08. The van der Waals surface area contributed by atoms with Crippen LogP contribution in [0.4, 0.5) is 0 Å². The van der Waals surface area contributed by atoms with Crippen LogP contribution in [0.2, 0.25) is 0 Å². The Kier molecular flexibility index (Phi) is 13.6. The van der Waals surface area contributed by atoms with Gasteiger partial charge in [0.15, 0.2) is 5.60 Å². The van der Waals surface area contributed by atoms with Crippen molar-refractivity contribution >= 4 is 17.9 Å². The zero-order valence-corrected chi connectivity index (χ0v) is 26.8. The summed E-state index contributed by atoms with van der Waals surface area (Å²) < 4.78 is 31.7. The third kappa shape index (κ3) is 10.1. The van der Waals surface area contributed by atoms with Gasteiger partial charge in [-0.2, -0.15) is 0 Å². The molecule has 0 radical (unpaired) electrons. The molecule has 0 amide bonds. The van der Waals surface area contributed by atoms with Crippen LogP contribution in [0.3, 0.4) is 0 Å². The van der Waals surface area contributed by atoms with Crippen molar-refractivity contribution in [3.8, 4) is 11.5 Å². The number of carboxylic acid groups (broad SMARTS) is 1. The molecule has 4 rings (SSSR count). The van der Waals surface area contributed by atoms with Gasteiger partial charge in [0.25, 0.3) is 0 Å². The van der Waals surface area contributed by atoms with Crippen LogP contribution >= 0.6 is 0 Å². The Morgan fingerprint density at radius 1 is 0.608 bits per heavy atom. The van der Waals surface area contributed by atoms with Crippen molar-refractivity contribution in [1.29, 1.82) is 0 Å². The van der Waals surface area contributed by atoms with Gasteiger partial charge >= 0.3 is 17.9 Å². The molecule has 0 aromatic heterocycles. The van der Waals surface area contributed by atoms with Crippen molar-refractivity contribution in [3.63, 3.8) is 0 Å². The molecule has 0 saturated carbocycles. The number of carbonyl (C=O) groups is 3. The molecule has 2 aromatic rings. The van der Waals surface area contributed by atoms with Crippen LogP contribution in [0.15, 0.2) is 48.5 Å². The molecule has 10 N–H and O–H groups in total. The quantitative estimate of drug-likeness (QED) is 0.0793. The highest BCUT2D eigenvalue weighted by Crippen LogP contribution is 2.27. The predicted octanol–water partition coefficient (Wildman–Crippen LogP) is -3.57. The Morgan fingerprint density at radius 2 is 1.02 bits per heavy atom. The fourth-order valence-electron chi connectivity index (χ4n) is 5.12. The number of esters is 2. The summed E-state index contributed by atoms with van der Waals surface area (Å²) in [7, 11) is 0. The molecule has 19 nitrogen and oxygen atoms in total. The van der Waals surface area contributed by atoms with E-state index in [4.69, 9.17) is 28.4 Å². The van der Waals surface area contributed by atoms with Gasteiger partial charge in [0.1, 0.15) is 73.5 Å². The zero-order valence-electron chi connectivity index (χ0n) is 26.8. The Labute approximate surface area is 289 Å². The fourth-order valence-corrected chi connectivity index (χ4v) is 5.12. The van der Waals surface area contributed by atoms with Crippen molar-refractivity contribution < 1.29 is 93.9 Å². The Hall–Kier alpha value is -3.99. The van der Waals surface area contributed by atoms with Gasteiger partial charge in [-0.1, -0.05) is 24.3 Å². The normalized spacial score (nSPS) is 30.5. The SMILES string of the molecule is O=C(O)C[C@@](O)(CC(=O)OCc1ccc(O[C@@H]2O[C@H](CO)[C@@H](O)[C@H](O)[C@H]2O)cc1)C(=O)OCc1ccc(O[C@@H]2O[C@H](CO)[C@@H](O)[C@H](O)[C@H]2O)cc1. The van der Waals surface area contributed by atoms with E-state index in [9.17, 15) is 65.4 Å². The van der Waals surface area contributed by atoms with Gasteiger partial charge < -0.3 is 79.5 Å². The van der Waals surface area contributed by atoms with Crippen molar-refractivity contribution in [3.05, 3.63) is 59.7 Å². The van der Waals surface area contributed by atoms with Gasteiger partial charge in [0.05, 0.1) is 26.1 Å². The molecule has 11 atom stereocenters. The molecule has 282 valence electrons. The van der Waals surface area contributed by atoms with Gasteiger partial charge in [-0.05, 0) is 35.4 Å². The van der Waals surface area contributed by atoms with Gasteiger partial charge in [-0.15, -0.1) is 0 Å². The molecule has 2 fully saturated rings. The number of carbonyl (C=O) groups excluding carboxylic acids is 2. The van der Waals surface area contributed by atoms with Crippen LogP contribution < -0.4 is 9.47 Å². The van der Waals surface area contributed by atoms with E-state index in [0.717, 1.165) is 0 Å². The monoisotopic (exact) mass is 728 g/mol. The van der Waals surface area contributed by atoms with Crippen LogP contribution in [-0.2, 0) is 46.5 Å². The molecule has 2 aliphatic rings. The summed E-state index contributed by atoms with van der Waals surface area (Å²) in [5.74, 6) is -3.89. The molecule has 19 heteroatoms. The lowest BCUT2D eigenvalue weighted by atomic mass is 9.95. The second-order valence-corrected chi connectivity index (χ2v) is 11.9. The Bertz CT molecular complexity index is 1450. The van der Waals surface area contributed by atoms with Crippen molar-refractivity contribution in [1.82, 2.24) is 0 Å². The molecule has 2 aromatic carbocycles. The minimum absolute atomic E-state index is 0.121. The van der Waals surface area contributed by atoms with E-state index in [1.807, 2.05) is 0 Å². The number of carboxylic acids is 1. The minimum atomic E-state index is -2.79. The number of benzene rings is 2. The molecule has 2 saturated heterocycles. The Morgan fingerprint density at radius 3 is 1.41 bits per heavy atom. The summed E-state index contributed by atoms with van der Waals surface area (Å²) in [5.41, 5.74) is -2.06. The number of hydrogen-bond donors (Lipinski definition) is 10. The average Bonchev–Trinajstić information content (AvgIpc) is 3.10. The van der Waals surface area contributed by atoms with E-state index in [1.54, 1.807) is 0 Å². The van der Waals surface area contributed by atoms with Gasteiger partial charge in [0, 0.05) is 0 Å². The molecule has 0 unspecified atom stereocenters. The summed E-state index contributed by atoms with van der Waals surface area (Å²) in [6, 6.07) is 11.3. The number of ether oxygens (including phenoxy) is 6. The maximum Gasteiger partial charge on any atom is 0.339 e. The summed E-state index contributed by atoms with van der Waals surface area (Å²) >= 11 is 0. The molecule has 0 bridgehead atoms. The number of aliphatic hydroxyl groups is 9. The van der Waals surface area contributed by atoms with Crippen molar-refractivity contribution in [2.45, 2.75) is 93.1 Å². The molecule has 51 heavy (non-hydrogen) atoms. The summed E-state index contributed by atoms with van der Waals surface area (Å²) in [6.45, 7) is -2.12. The first-order valence-electron chi connectivity index (χ1n) is 15.5. The summed E-state index contributed by atoms with van der Waals surface area (Å²) in [4.78, 5) is 36.8. The van der Waals surface area contributed by atoms with Crippen LogP contribution in [-0.4, -0.2) is 149 Å². The van der Waals surface area contributed by atoms with Crippen molar-refractivity contribution in [2.24, 2.45) is 0 Å². The van der Waals surface area contributed by atoms with Crippen LogP contribution in [0.25, 0.3) is 0 Å². The van der Waals surface area contributed by atoms with Crippen molar-refractivity contribution in [2.75, 3.05) is 13.2 Å². The summed E-state index contributed by atoms with van der Waals surface area (Å²) in [5, 5.41) is 98.7. The van der Waals surface area contributed by atoms with E-state index in [-0.39, 0.29) is 18.1 Å². The third-order valence-corrected chi connectivity index (χ3v) is 8.08. The first kappa shape index (κ1) is 39.8. The van der Waals surface area contributed by atoms with Gasteiger partial charge in [0.2, 0.25) is 12.6 Å². The fraction of sp³-hybridized carbons (Fsp3) is 0.531. The molecule has 0 spiro atoms. The number of hydrogen-bond acceptors (Lipinski definition) is 18. The number of aliphatic hydroxyl groups excluding tert-OH is 8. The van der Waals surface area contributed by atoms with Crippen LogP contribution in [0.5, 0.6) is 11.5 Å². The maximum atomic E-state index is 12.8. The van der Waals surface area contributed by atoms with E-state index >= 15 is 0 Å². The van der Waals surface area contributed by atoms with E-state index in [1.165, 1.54) is 48.5 Å². The number of rotatable bonds is 15. The number of aliphatic carboxylic acids is 1. The average molecular weight is 729 g/mol. The second kappa shape index (κ2) is 17.5. The van der Waals surface area contributed by atoms with E-state index < -0.39 is 118 Å². The minimum Gasteiger partial charge on any atom is -0.481 e. The predicted molar refractivity (Wildman–Crippen MR) is 163 cm³/mol. The molecule has 2 heterocycles. The topological polar surface area (TPSA) is 309 Å². The first-order chi connectivity index (χ1) is 24.1. The first-order valence-corrected chi connectivity index (χ1v) is 15.5. The molecule has 0 aliphatic carbocycles. The molecular formula is C32H40O19. The summed E-state index contributed by atoms with van der Waals surface area (Å²) in [6.07, 6.45) is -17.2. The lowest BCUT2D eigenvalue weighted by Gasteiger charge is -2.39. The standard InChI is InChI=1S/C32H40O19/c33-11-19-23(38)25(40)27(42)29(50-19)48-17-5-1-15(2-6-17)13-46-22(37)10-32(45,9-21(35)36)31(44)47-14-16-3-7-18(8-4-16)49-30-28(43)26(41)24(39)20(12-34)51-30/h1-8,19-20,23-30,33-34,38-43,45H,9-14H2,(H,35,36)/t19-,20-,23-,24-,25+,26+,27-,28-,29-,30-,32-/m1/s1. The lowest BCUT2D eigenvalue weighted by molar-refractivity contribution is -0.277. The largest absolute Gasteiger partial charge is 0.481 e. The second-order valence-electron chi connectivity index (χ2n) is 11.9. The highest BCUT2D eigenvalue weighted by molar-refractivity contribution is 5.89. The van der Waals surface area contributed by atoms with Gasteiger partial charge in [-0.25, -0.2) is 4.79 Å². The maximum absolute atomic E-state index is 12.8. The smallest absolute Gasteiger partial charge is 0.339 e. The van der Waals surface area contributed by atoms with Gasteiger partial charge in [-0.3, -0.25) is 9.59 Å². The highest BCUT2D eigenvalue weighted by atomic mass is 16.7. The molecular weight excluding hydrogens is 688 g/mol. The Balaban J connectivity index is 1.27.